The number of nitrogens with one attached hydrogen (secondary N) is 1. The van der Waals surface area contributed by atoms with Gasteiger partial charge in [-0.05, 0) is 36.8 Å². The Balaban J connectivity index is 1.74. The van der Waals surface area contributed by atoms with Crippen molar-refractivity contribution in [3.05, 3.63) is 96.1 Å². The van der Waals surface area contributed by atoms with Crippen LogP contribution in [-0.4, -0.2) is 18.2 Å². The zero-order valence-electron chi connectivity index (χ0n) is 15.3. The predicted molar refractivity (Wildman–Crippen MR) is 109 cm³/mol. The van der Waals surface area contributed by atoms with E-state index in [4.69, 9.17) is 0 Å². The van der Waals surface area contributed by atoms with Crippen molar-refractivity contribution in [3.8, 4) is 0 Å². The molecule has 4 heteroatoms. The molecule has 1 N–H and O–H groups in total. The van der Waals surface area contributed by atoms with Crippen molar-refractivity contribution in [3.63, 3.8) is 0 Å². The Morgan fingerprint density at radius 3 is 2.19 bits per heavy atom. The molecule has 3 rings (SSSR count). The van der Waals surface area contributed by atoms with E-state index in [2.05, 4.69) is 5.32 Å². The van der Waals surface area contributed by atoms with Gasteiger partial charge in [0.15, 0.2) is 5.78 Å². The molecule has 1 amide bonds. The first-order valence-corrected chi connectivity index (χ1v) is 8.86. The first kappa shape index (κ1) is 18.4. The maximum Gasteiger partial charge on any atom is 0.243 e. The second-order valence-electron chi connectivity index (χ2n) is 6.36. The summed E-state index contributed by atoms with van der Waals surface area (Å²) < 4.78 is 0. The maximum atomic E-state index is 12.6. The van der Waals surface area contributed by atoms with Crippen LogP contribution >= 0.6 is 0 Å². The third-order valence-electron chi connectivity index (χ3n) is 4.22. The third-order valence-corrected chi connectivity index (χ3v) is 4.22. The van der Waals surface area contributed by atoms with Crippen molar-refractivity contribution in [2.75, 3.05) is 16.8 Å². The van der Waals surface area contributed by atoms with E-state index in [1.807, 2.05) is 65.6 Å². The van der Waals surface area contributed by atoms with Gasteiger partial charge in [0, 0.05) is 23.5 Å². The Morgan fingerprint density at radius 1 is 0.852 bits per heavy atom. The molecule has 4 nitrogen and oxygen atoms in total. The summed E-state index contributed by atoms with van der Waals surface area (Å²) in [5, 5.41) is 2.89. The van der Waals surface area contributed by atoms with E-state index >= 15 is 0 Å². The van der Waals surface area contributed by atoms with Gasteiger partial charge in [0.05, 0.1) is 6.54 Å². The molecule has 0 aliphatic carbocycles. The average Bonchev–Trinajstić information content (AvgIpc) is 2.69. The summed E-state index contributed by atoms with van der Waals surface area (Å²) >= 11 is 0. The molecule has 27 heavy (non-hydrogen) atoms. The number of carbonyl (C=O) groups excluding carboxylic acids is 2. The van der Waals surface area contributed by atoms with Crippen LogP contribution in [0.5, 0.6) is 0 Å². The van der Waals surface area contributed by atoms with Crippen LogP contribution in [0.2, 0.25) is 0 Å². The number of benzene rings is 3. The quantitative estimate of drug-likeness (QED) is 0.631. The number of nitrogens with zero attached hydrogens (tertiary/aromatic N) is 1. The summed E-state index contributed by atoms with van der Waals surface area (Å²) in [7, 11) is 0. The zero-order valence-corrected chi connectivity index (χ0v) is 15.3. The minimum atomic E-state index is -0.129. The Bertz CT molecular complexity index is 908. The predicted octanol–water partition coefficient (Wildman–Crippen LogP) is 4.53. The molecule has 0 fully saturated rings. The fourth-order valence-electron chi connectivity index (χ4n) is 2.87. The maximum absolute atomic E-state index is 12.6. The summed E-state index contributed by atoms with van der Waals surface area (Å²) in [4.78, 5) is 26.2. The van der Waals surface area contributed by atoms with E-state index < -0.39 is 0 Å². The molecule has 0 atom stereocenters. The van der Waals surface area contributed by atoms with E-state index in [0.717, 1.165) is 11.3 Å². The molecule has 0 radical (unpaired) electrons. The van der Waals surface area contributed by atoms with Gasteiger partial charge in [-0.25, -0.2) is 0 Å². The Kier molecular flexibility index (Phi) is 6.00. The van der Waals surface area contributed by atoms with Gasteiger partial charge in [-0.1, -0.05) is 60.7 Å². The highest BCUT2D eigenvalue weighted by Gasteiger charge is 2.13. The fourth-order valence-corrected chi connectivity index (χ4v) is 2.87. The van der Waals surface area contributed by atoms with Crippen molar-refractivity contribution < 1.29 is 9.59 Å². The van der Waals surface area contributed by atoms with Gasteiger partial charge in [-0.2, -0.15) is 0 Å². The smallest absolute Gasteiger partial charge is 0.243 e. The van der Waals surface area contributed by atoms with E-state index in [0.29, 0.717) is 17.8 Å². The number of amides is 1. The Hall–Kier alpha value is -3.40. The lowest BCUT2D eigenvalue weighted by Crippen LogP contribution is -2.32. The van der Waals surface area contributed by atoms with E-state index in [1.165, 1.54) is 6.92 Å². The number of para-hydroxylation sites is 1. The van der Waals surface area contributed by atoms with Crippen molar-refractivity contribution in [1.29, 1.82) is 0 Å². The van der Waals surface area contributed by atoms with Crippen LogP contribution in [0.1, 0.15) is 22.8 Å². The van der Waals surface area contributed by atoms with Gasteiger partial charge in [0.25, 0.3) is 0 Å². The average molecular weight is 358 g/mol. The number of hydrogen-bond donors (Lipinski definition) is 1. The van der Waals surface area contributed by atoms with Gasteiger partial charge in [-0.3, -0.25) is 9.59 Å². The number of anilines is 2. The lowest BCUT2D eigenvalue weighted by atomic mass is 10.1. The van der Waals surface area contributed by atoms with E-state index in [9.17, 15) is 9.59 Å². The summed E-state index contributed by atoms with van der Waals surface area (Å²) in [5.74, 6) is -0.156. The first-order valence-electron chi connectivity index (χ1n) is 8.86. The minimum Gasteiger partial charge on any atom is -0.358 e. The van der Waals surface area contributed by atoms with Crippen LogP contribution in [0.4, 0.5) is 11.4 Å². The zero-order chi connectivity index (χ0) is 19.1. The second-order valence-corrected chi connectivity index (χ2v) is 6.36. The number of Topliss-reactive ketones (excluding diaryl/α,β-unsaturated/α-hetero) is 1. The highest BCUT2D eigenvalue weighted by atomic mass is 16.2. The molecule has 3 aromatic carbocycles. The van der Waals surface area contributed by atoms with Crippen molar-refractivity contribution in [2.45, 2.75) is 13.5 Å². The Morgan fingerprint density at radius 2 is 1.52 bits per heavy atom. The topological polar surface area (TPSA) is 49.4 Å². The van der Waals surface area contributed by atoms with Crippen LogP contribution in [-0.2, 0) is 11.3 Å². The standard InChI is InChI=1S/C23H22N2O2/c1-18(26)20-11-8-12-21(15-20)24-23(27)17-25(22-13-6-3-7-14-22)16-19-9-4-2-5-10-19/h2-15H,16-17H2,1H3,(H,24,27). The van der Waals surface area contributed by atoms with Gasteiger partial charge in [-0.15, -0.1) is 0 Å². The SMILES string of the molecule is CC(=O)c1cccc(NC(=O)CN(Cc2ccccc2)c2ccccc2)c1. The van der Waals surface area contributed by atoms with Crippen molar-refractivity contribution >= 4 is 23.1 Å². The minimum absolute atomic E-state index is 0.0268. The molecule has 3 aromatic rings. The number of ketones is 1. The molecule has 0 aliphatic heterocycles. The molecular weight excluding hydrogens is 336 g/mol. The van der Waals surface area contributed by atoms with Crippen molar-refractivity contribution in [2.24, 2.45) is 0 Å². The highest BCUT2D eigenvalue weighted by Crippen LogP contribution is 2.17. The summed E-state index contributed by atoms with van der Waals surface area (Å²) in [6.45, 7) is 2.35. The van der Waals surface area contributed by atoms with Crippen LogP contribution < -0.4 is 10.2 Å². The molecule has 0 saturated carbocycles. The molecular formula is C23H22N2O2. The summed E-state index contributed by atoms with van der Waals surface area (Å²) in [6.07, 6.45) is 0. The lowest BCUT2D eigenvalue weighted by molar-refractivity contribution is -0.115. The van der Waals surface area contributed by atoms with Gasteiger partial charge >= 0.3 is 0 Å². The van der Waals surface area contributed by atoms with Crippen LogP contribution in [0.3, 0.4) is 0 Å². The normalized spacial score (nSPS) is 10.3. The highest BCUT2D eigenvalue weighted by molar-refractivity contribution is 5.98. The van der Waals surface area contributed by atoms with E-state index in [-0.39, 0.29) is 18.2 Å². The number of hydrogen-bond acceptors (Lipinski definition) is 3. The number of carbonyl (C=O) groups is 2. The van der Waals surface area contributed by atoms with Gasteiger partial charge in [0.1, 0.15) is 0 Å². The Labute approximate surface area is 159 Å². The third kappa shape index (κ3) is 5.28. The lowest BCUT2D eigenvalue weighted by Gasteiger charge is -2.24. The molecule has 0 spiro atoms. The summed E-state index contributed by atoms with van der Waals surface area (Å²) in [5.41, 5.74) is 3.32. The van der Waals surface area contributed by atoms with Crippen LogP contribution in [0.25, 0.3) is 0 Å². The molecule has 0 saturated heterocycles. The van der Waals surface area contributed by atoms with Gasteiger partial charge in [0.2, 0.25) is 5.91 Å². The molecule has 0 unspecified atom stereocenters. The monoisotopic (exact) mass is 358 g/mol. The molecule has 0 aliphatic rings. The van der Waals surface area contributed by atoms with Crippen molar-refractivity contribution in [1.82, 2.24) is 0 Å². The largest absolute Gasteiger partial charge is 0.358 e. The first-order chi connectivity index (χ1) is 13.1. The second kappa shape index (κ2) is 8.81. The molecule has 0 aromatic heterocycles. The molecule has 0 heterocycles. The fraction of sp³-hybridized carbons (Fsp3) is 0.130. The van der Waals surface area contributed by atoms with Crippen LogP contribution in [0.15, 0.2) is 84.9 Å². The summed E-state index contributed by atoms with van der Waals surface area (Å²) in [6, 6.07) is 26.9. The van der Waals surface area contributed by atoms with Gasteiger partial charge < -0.3 is 10.2 Å². The number of rotatable bonds is 7. The van der Waals surface area contributed by atoms with Crippen LogP contribution in [0, 0.1) is 0 Å². The molecule has 0 bridgehead atoms. The molecule has 136 valence electrons. The van der Waals surface area contributed by atoms with E-state index in [1.54, 1.807) is 24.3 Å².